The van der Waals surface area contributed by atoms with Gasteiger partial charge in [-0.1, -0.05) is 12.5 Å². The molecule has 0 spiro atoms. The minimum absolute atomic E-state index is 0.937. The number of hydrogen-bond acceptors (Lipinski definition) is 4. The highest BCUT2D eigenvalue weighted by atomic mass is 15.1. The third-order valence-electron chi connectivity index (χ3n) is 3.91. The van der Waals surface area contributed by atoms with Crippen molar-refractivity contribution >= 4 is 5.82 Å². The minimum atomic E-state index is 0.937. The van der Waals surface area contributed by atoms with Crippen LogP contribution in [-0.2, 0) is 0 Å². The third kappa shape index (κ3) is 4.02. The van der Waals surface area contributed by atoms with Crippen LogP contribution in [0.15, 0.2) is 42.7 Å². The SMILES string of the molecule is c1ccc(-c2ccc(NCCN3CCCCC3)nc2)nc1. The summed E-state index contributed by atoms with van der Waals surface area (Å²) >= 11 is 0. The summed E-state index contributed by atoms with van der Waals surface area (Å²) < 4.78 is 0. The summed E-state index contributed by atoms with van der Waals surface area (Å²) in [5.74, 6) is 0.937. The van der Waals surface area contributed by atoms with E-state index in [1.807, 2.05) is 30.5 Å². The van der Waals surface area contributed by atoms with Gasteiger partial charge in [-0.25, -0.2) is 4.98 Å². The fraction of sp³-hybridized carbons (Fsp3) is 0.412. The fourth-order valence-electron chi connectivity index (χ4n) is 2.71. The normalized spacial score (nSPS) is 15.8. The minimum Gasteiger partial charge on any atom is -0.369 e. The van der Waals surface area contributed by atoms with E-state index in [1.54, 1.807) is 6.20 Å². The van der Waals surface area contributed by atoms with Gasteiger partial charge >= 0.3 is 0 Å². The number of aromatic nitrogens is 2. The Morgan fingerprint density at radius 2 is 1.90 bits per heavy atom. The zero-order chi connectivity index (χ0) is 14.3. The molecule has 1 fully saturated rings. The van der Waals surface area contributed by atoms with E-state index in [4.69, 9.17) is 0 Å². The molecule has 4 nitrogen and oxygen atoms in total. The highest BCUT2D eigenvalue weighted by molar-refractivity contribution is 5.59. The number of piperidine rings is 1. The predicted molar refractivity (Wildman–Crippen MR) is 86.2 cm³/mol. The molecule has 1 aliphatic heterocycles. The van der Waals surface area contributed by atoms with Gasteiger partial charge in [-0.05, 0) is 50.2 Å². The Morgan fingerprint density at radius 1 is 1.00 bits per heavy atom. The maximum Gasteiger partial charge on any atom is 0.125 e. The Morgan fingerprint density at radius 3 is 2.62 bits per heavy atom. The van der Waals surface area contributed by atoms with Gasteiger partial charge in [0.2, 0.25) is 0 Å². The number of rotatable bonds is 5. The summed E-state index contributed by atoms with van der Waals surface area (Å²) in [4.78, 5) is 11.3. The summed E-state index contributed by atoms with van der Waals surface area (Å²) in [5.41, 5.74) is 2.02. The molecule has 4 heteroatoms. The summed E-state index contributed by atoms with van der Waals surface area (Å²) in [6.07, 6.45) is 7.76. The van der Waals surface area contributed by atoms with Crippen molar-refractivity contribution in [1.29, 1.82) is 0 Å². The molecule has 1 aliphatic rings. The van der Waals surface area contributed by atoms with Gasteiger partial charge in [0.25, 0.3) is 0 Å². The van der Waals surface area contributed by atoms with E-state index in [1.165, 1.54) is 32.4 Å². The molecule has 1 N–H and O–H groups in total. The monoisotopic (exact) mass is 282 g/mol. The van der Waals surface area contributed by atoms with Crippen molar-refractivity contribution in [2.75, 3.05) is 31.5 Å². The molecule has 0 unspecified atom stereocenters. The van der Waals surface area contributed by atoms with E-state index in [2.05, 4.69) is 26.3 Å². The zero-order valence-electron chi connectivity index (χ0n) is 12.3. The molecule has 0 radical (unpaired) electrons. The molecule has 3 rings (SSSR count). The molecule has 0 atom stereocenters. The quantitative estimate of drug-likeness (QED) is 0.915. The van der Waals surface area contributed by atoms with Crippen molar-refractivity contribution in [3.63, 3.8) is 0 Å². The molecule has 2 aromatic heterocycles. The lowest BCUT2D eigenvalue weighted by atomic mass is 10.1. The maximum absolute atomic E-state index is 4.47. The Bertz CT molecular complexity index is 532. The van der Waals surface area contributed by atoms with Crippen LogP contribution in [0.1, 0.15) is 19.3 Å². The second-order valence-corrected chi connectivity index (χ2v) is 5.48. The van der Waals surface area contributed by atoms with Crippen LogP contribution in [0.3, 0.4) is 0 Å². The highest BCUT2D eigenvalue weighted by Crippen LogP contribution is 2.16. The van der Waals surface area contributed by atoms with Gasteiger partial charge in [0.15, 0.2) is 0 Å². The summed E-state index contributed by atoms with van der Waals surface area (Å²) in [7, 11) is 0. The first-order valence-corrected chi connectivity index (χ1v) is 7.75. The topological polar surface area (TPSA) is 41.0 Å². The first-order valence-electron chi connectivity index (χ1n) is 7.75. The van der Waals surface area contributed by atoms with Crippen molar-refractivity contribution in [2.24, 2.45) is 0 Å². The maximum atomic E-state index is 4.47. The Kier molecular flexibility index (Phi) is 4.79. The van der Waals surface area contributed by atoms with Gasteiger partial charge in [-0.3, -0.25) is 4.98 Å². The molecule has 2 aromatic rings. The van der Waals surface area contributed by atoms with Gasteiger partial charge < -0.3 is 10.2 Å². The molecule has 0 amide bonds. The average molecular weight is 282 g/mol. The standard InChI is InChI=1S/C17H22N4/c1-4-11-21(12-5-1)13-10-19-17-8-7-15(14-20-17)16-6-2-3-9-18-16/h2-3,6-9,14H,1,4-5,10-13H2,(H,19,20). The van der Waals surface area contributed by atoms with Crippen LogP contribution in [0.4, 0.5) is 5.82 Å². The van der Waals surface area contributed by atoms with E-state index in [-0.39, 0.29) is 0 Å². The van der Waals surface area contributed by atoms with E-state index >= 15 is 0 Å². The molecule has 21 heavy (non-hydrogen) atoms. The number of anilines is 1. The first-order chi connectivity index (χ1) is 10.4. The Labute approximate surface area is 126 Å². The largest absolute Gasteiger partial charge is 0.369 e. The van der Waals surface area contributed by atoms with Crippen LogP contribution in [0.25, 0.3) is 11.3 Å². The van der Waals surface area contributed by atoms with Gasteiger partial charge in [-0.15, -0.1) is 0 Å². The van der Waals surface area contributed by atoms with E-state index in [9.17, 15) is 0 Å². The summed E-state index contributed by atoms with van der Waals surface area (Å²) in [6.45, 7) is 4.54. The van der Waals surface area contributed by atoms with Crippen molar-refractivity contribution in [2.45, 2.75) is 19.3 Å². The molecular weight excluding hydrogens is 260 g/mol. The smallest absolute Gasteiger partial charge is 0.125 e. The van der Waals surface area contributed by atoms with Crippen LogP contribution in [0, 0.1) is 0 Å². The van der Waals surface area contributed by atoms with Gasteiger partial charge in [0, 0.05) is 31.0 Å². The van der Waals surface area contributed by atoms with Crippen molar-refractivity contribution < 1.29 is 0 Å². The average Bonchev–Trinajstić information content (AvgIpc) is 2.57. The molecule has 3 heterocycles. The molecule has 0 aliphatic carbocycles. The molecule has 110 valence electrons. The Balaban J connectivity index is 1.50. The van der Waals surface area contributed by atoms with E-state index in [0.29, 0.717) is 0 Å². The number of likely N-dealkylation sites (tertiary alicyclic amines) is 1. The second kappa shape index (κ2) is 7.18. The summed E-state index contributed by atoms with van der Waals surface area (Å²) in [5, 5.41) is 3.40. The summed E-state index contributed by atoms with van der Waals surface area (Å²) in [6, 6.07) is 10.0. The highest BCUT2D eigenvalue weighted by Gasteiger charge is 2.09. The number of hydrogen-bond donors (Lipinski definition) is 1. The molecular formula is C17H22N4. The lowest BCUT2D eigenvalue weighted by molar-refractivity contribution is 0.237. The predicted octanol–water partition coefficient (Wildman–Crippen LogP) is 3.04. The first kappa shape index (κ1) is 14.0. The molecule has 0 aromatic carbocycles. The van der Waals surface area contributed by atoms with Crippen molar-refractivity contribution in [3.8, 4) is 11.3 Å². The van der Waals surface area contributed by atoms with Crippen LogP contribution in [0.2, 0.25) is 0 Å². The second-order valence-electron chi connectivity index (χ2n) is 5.48. The molecule has 0 saturated carbocycles. The Hall–Kier alpha value is -1.94. The number of pyridine rings is 2. The van der Waals surface area contributed by atoms with Gasteiger partial charge in [0.1, 0.15) is 5.82 Å². The lowest BCUT2D eigenvalue weighted by Crippen LogP contribution is -2.33. The lowest BCUT2D eigenvalue weighted by Gasteiger charge is -2.26. The van der Waals surface area contributed by atoms with Gasteiger partial charge in [0.05, 0.1) is 5.69 Å². The van der Waals surface area contributed by atoms with Gasteiger partial charge in [-0.2, -0.15) is 0 Å². The van der Waals surface area contributed by atoms with Crippen molar-refractivity contribution in [3.05, 3.63) is 42.7 Å². The van der Waals surface area contributed by atoms with Crippen LogP contribution < -0.4 is 5.32 Å². The van der Waals surface area contributed by atoms with Crippen LogP contribution in [0.5, 0.6) is 0 Å². The van der Waals surface area contributed by atoms with E-state index in [0.717, 1.165) is 30.2 Å². The van der Waals surface area contributed by atoms with E-state index < -0.39 is 0 Å². The number of nitrogens with zero attached hydrogens (tertiary/aromatic N) is 3. The van der Waals surface area contributed by atoms with Crippen LogP contribution in [-0.4, -0.2) is 41.0 Å². The molecule has 1 saturated heterocycles. The van der Waals surface area contributed by atoms with Crippen molar-refractivity contribution in [1.82, 2.24) is 14.9 Å². The number of nitrogens with one attached hydrogen (secondary N) is 1. The van der Waals surface area contributed by atoms with Crippen LogP contribution >= 0.6 is 0 Å². The third-order valence-corrected chi connectivity index (χ3v) is 3.91. The fourth-order valence-corrected chi connectivity index (χ4v) is 2.71. The molecule has 0 bridgehead atoms. The zero-order valence-corrected chi connectivity index (χ0v) is 12.3.